The van der Waals surface area contributed by atoms with Gasteiger partial charge in [0.1, 0.15) is 5.75 Å². The largest absolute Gasteiger partial charge is 0.483 e. The van der Waals surface area contributed by atoms with Gasteiger partial charge in [0.15, 0.2) is 16.4 Å². The maximum Gasteiger partial charge on any atom is 0.258 e. The summed E-state index contributed by atoms with van der Waals surface area (Å²) in [4.78, 5) is 12.5. The molecule has 1 amide bonds. The first-order valence-corrected chi connectivity index (χ1v) is 10.9. The van der Waals surface area contributed by atoms with Crippen molar-refractivity contribution in [2.45, 2.75) is 44.0 Å². The van der Waals surface area contributed by atoms with E-state index in [0.29, 0.717) is 5.92 Å². The maximum absolute atomic E-state index is 12.2. The first-order valence-electron chi connectivity index (χ1n) is 9.03. The number of carbonyl (C=O) groups excluding carboxylic acids is 1. The lowest BCUT2D eigenvalue weighted by Crippen LogP contribution is -2.31. The van der Waals surface area contributed by atoms with Crippen LogP contribution in [0.25, 0.3) is 0 Å². The molecule has 2 aromatic rings. The summed E-state index contributed by atoms with van der Waals surface area (Å²) < 4.78 is 28.8. The zero-order valence-electron chi connectivity index (χ0n) is 16.2. The van der Waals surface area contributed by atoms with E-state index in [1.54, 1.807) is 24.3 Å². The number of nitrogens with one attached hydrogen (secondary N) is 1. The highest BCUT2D eigenvalue weighted by Gasteiger charge is 2.14. The van der Waals surface area contributed by atoms with Gasteiger partial charge in [-0.1, -0.05) is 44.2 Å². The minimum atomic E-state index is -3.23. The quantitative estimate of drug-likeness (QED) is 0.744. The number of hydrogen-bond acceptors (Lipinski definition) is 4. The molecular formula is C21H27NO4S. The van der Waals surface area contributed by atoms with E-state index >= 15 is 0 Å². The Morgan fingerprint density at radius 1 is 1.07 bits per heavy atom. The minimum absolute atomic E-state index is 0.0702. The molecule has 0 aliphatic rings. The van der Waals surface area contributed by atoms with Gasteiger partial charge in [0, 0.05) is 6.26 Å². The highest BCUT2D eigenvalue weighted by atomic mass is 32.2. The Balaban J connectivity index is 1.96. The van der Waals surface area contributed by atoms with Crippen LogP contribution in [0.4, 0.5) is 0 Å². The SMILES string of the molecule is CC[C@H](C)c1ccccc1OCC(=O)N[C@H](C)c1ccc(S(C)(=O)=O)cc1. The number of carbonyl (C=O) groups is 1. The van der Waals surface area contributed by atoms with Crippen molar-refractivity contribution in [1.29, 1.82) is 0 Å². The van der Waals surface area contributed by atoms with Gasteiger partial charge < -0.3 is 10.1 Å². The van der Waals surface area contributed by atoms with Gasteiger partial charge in [0.25, 0.3) is 5.91 Å². The molecular weight excluding hydrogens is 362 g/mol. The predicted molar refractivity (Wildman–Crippen MR) is 107 cm³/mol. The van der Waals surface area contributed by atoms with Crippen molar-refractivity contribution < 1.29 is 17.9 Å². The number of benzene rings is 2. The molecule has 0 aliphatic heterocycles. The van der Waals surface area contributed by atoms with E-state index in [1.807, 2.05) is 31.2 Å². The van der Waals surface area contributed by atoms with Crippen molar-refractivity contribution >= 4 is 15.7 Å². The van der Waals surface area contributed by atoms with E-state index in [1.165, 1.54) is 6.26 Å². The van der Waals surface area contributed by atoms with Gasteiger partial charge in [-0.2, -0.15) is 0 Å². The van der Waals surface area contributed by atoms with Crippen molar-refractivity contribution in [3.05, 3.63) is 59.7 Å². The molecule has 5 nitrogen and oxygen atoms in total. The molecule has 0 spiro atoms. The Morgan fingerprint density at radius 3 is 2.30 bits per heavy atom. The zero-order chi connectivity index (χ0) is 20.0. The summed E-state index contributed by atoms with van der Waals surface area (Å²) >= 11 is 0. The van der Waals surface area contributed by atoms with Gasteiger partial charge in [-0.15, -0.1) is 0 Å². The fourth-order valence-electron chi connectivity index (χ4n) is 2.75. The fourth-order valence-corrected chi connectivity index (χ4v) is 3.38. The topological polar surface area (TPSA) is 72.5 Å². The molecule has 0 radical (unpaired) electrons. The molecule has 2 rings (SSSR count). The van der Waals surface area contributed by atoms with Crippen molar-refractivity contribution in [3.63, 3.8) is 0 Å². The van der Waals surface area contributed by atoms with Crippen LogP contribution in [0.5, 0.6) is 5.75 Å². The lowest BCUT2D eigenvalue weighted by molar-refractivity contribution is -0.123. The highest BCUT2D eigenvalue weighted by Crippen LogP contribution is 2.28. The molecule has 27 heavy (non-hydrogen) atoms. The molecule has 146 valence electrons. The van der Waals surface area contributed by atoms with E-state index in [0.717, 1.165) is 23.3 Å². The molecule has 0 unspecified atom stereocenters. The Bertz CT molecular complexity index is 875. The minimum Gasteiger partial charge on any atom is -0.483 e. The third-order valence-corrected chi connectivity index (χ3v) is 5.74. The molecule has 1 N–H and O–H groups in total. The molecule has 0 saturated carbocycles. The van der Waals surface area contributed by atoms with Gasteiger partial charge in [0.2, 0.25) is 0 Å². The maximum atomic E-state index is 12.2. The van der Waals surface area contributed by atoms with Crippen molar-refractivity contribution in [2.75, 3.05) is 12.9 Å². The zero-order valence-corrected chi connectivity index (χ0v) is 17.0. The molecule has 0 bridgehead atoms. The third kappa shape index (κ3) is 5.82. The van der Waals surface area contributed by atoms with Crippen molar-refractivity contribution in [1.82, 2.24) is 5.32 Å². The first-order chi connectivity index (χ1) is 12.7. The number of sulfone groups is 1. The number of amides is 1. The van der Waals surface area contributed by atoms with Crippen molar-refractivity contribution in [2.24, 2.45) is 0 Å². The van der Waals surface area contributed by atoms with Gasteiger partial charge in [-0.3, -0.25) is 4.79 Å². The van der Waals surface area contributed by atoms with Gasteiger partial charge >= 0.3 is 0 Å². The monoisotopic (exact) mass is 389 g/mol. The highest BCUT2D eigenvalue weighted by molar-refractivity contribution is 7.90. The van der Waals surface area contributed by atoms with Crippen LogP contribution in [0.1, 0.15) is 50.3 Å². The van der Waals surface area contributed by atoms with E-state index < -0.39 is 9.84 Å². The Kier molecular flexibility index (Phi) is 7.02. The number of rotatable bonds is 8. The van der Waals surface area contributed by atoms with Crippen LogP contribution in [-0.4, -0.2) is 27.2 Å². The second-order valence-corrected chi connectivity index (χ2v) is 8.78. The standard InChI is InChI=1S/C21H27NO4S/c1-5-15(2)19-8-6-7-9-20(19)26-14-21(23)22-16(3)17-10-12-18(13-11-17)27(4,24)25/h6-13,15-16H,5,14H2,1-4H3,(H,22,23)/t15-,16+/m0/s1. The summed E-state index contributed by atoms with van der Waals surface area (Å²) in [5, 5.41) is 2.87. The molecule has 0 aliphatic carbocycles. The lowest BCUT2D eigenvalue weighted by atomic mass is 9.98. The van der Waals surface area contributed by atoms with Crippen LogP contribution in [0, 0.1) is 0 Å². The number of hydrogen-bond donors (Lipinski definition) is 1. The summed E-state index contributed by atoms with van der Waals surface area (Å²) in [5.74, 6) is 0.859. The summed E-state index contributed by atoms with van der Waals surface area (Å²) in [7, 11) is -3.23. The van der Waals surface area contributed by atoms with Gasteiger partial charge in [-0.05, 0) is 48.6 Å². The Labute approximate surface area is 161 Å². The van der Waals surface area contributed by atoms with Crippen LogP contribution in [0.3, 0.4) is 0 Å². The smallest absolute Gasteiger partial charge is 0.258 e. The average Bonchev–Trinajstić information content (AvgIpc) is 2.65. The molecule has 0 heterocycles. The summed E-state index contributed by atoms with van der Waals surface area (Å²) in [6.45, 7) is 6.02. The van der Waals surface area contributed by atoms with Crippen LogP contribution >= 0.6 is 0 Å². The van der Waals surface area contributed by atoms with Gasteiger partial charge in [-0.25, -0.2) is 8.42 Å². The molecule has 0 fully saturated rings. The van der Waals surface area contributed by atoms with E-state index in [-0.39, 0.29) is 23.5 Å². The molecule has 6 heteroatoms. The Morgan fingerprint density at radius 2 is 1.70 bits per heavy atom. The summed E-state index contributed by atoms with van der Waals surface area (Å²) in [6.07, 6.45) is 2.16. The van der Waals surface area contributed by atoms with Crippen LogP contribution < -0.4 is 10.1 Å². The number of ether oxygens (including phenoxy) is 1. The predicted octanol–water partition coefficient (Wildman–Crippen LogP) is 3.86. The van der Waals surface area contributed by atoms with Crippen LogP contribution in [0.15, 0.2) is 53.4 Å². The molecule has 0 saturated heterocycles. The van der Waals surface area contributed by atoms with Gasteiger partial charge in [0.05, 0.1) is 10.9 Å². The molecule has 2 aromatic carbocycles. The number of para-hydroxylation sites is 1. The van der Waals surface area contributed by atoms with E-state index in [9.17, 15) is 13.2 Å². The van der Waals surface area contributed by atoms with Crippen molar-refractivity contribution in [3.8, 4) is 5.75 Å². The van der Waals surface area contributed by atoms with Crippen LogP contribution in [-0.2, 0) is 14.6 Å². The summed E-state index contributed by atoms with van der Waals surface area (Å²) in [5.41, 5.74) is 1.92. The second kappa shape index (κ2) is 9.04. The van der Waals surface area contributed by atoms with E-state index in [2.05, 4.69) is 19.2 Å². The average molecular weight is 390 g/mol. The normalized spacial score (nSPS) is 13.6. The lowest BCUT2D eigenvalue weighted by Gasteiger charge is -2.17. The second-order valence-electron chi connectivity index (χ2n) is 6.77. The molecule has 2 atom stereocenters. The fraction of sp³-hybridized carbons (Fsp3) is 0.381. The Hall–Kier alpha value is -2.34. The van der Waals surface area contributed by atoms with Crippen LogP contribution in [0.2, 0.25) is 0 Å². The molecule has 0 aromatic heterocycles. The summed E-state index contributed by atoms with van der Waals surface area (Å²) in [6, 6.07) is 14.0. The van der Waals surface area contributed by atoms with E-state index in [4.69, 9.17) is 4.74 Å². The first kappa shape index (κ1) is 21.0. The third-order valence-electron chi connectivity index (χ3n) is 4.61.